The van der Waals surface area contributed by atoms with Crippen molar-refractivity contribution in [1.29, 1.82) is 0 Å². The second-order valence-corrected chi connectivity index (χ2v) is 8.14. The minimum atomic E-state index is -0.0718. The molecule has 1 aliphatic carbocycles. The van der Waals surface area contributed by atoms with Crippen molar-refractivity contribution in [2.24, 2.45) is 0 Å². The zero-order valence-corrected chi connectivity index (χ0v) is 16.7. The second kappa shape index (κ2) is 9.62. The maximum Gasteiger partial charge on any atom is 0.277 e. The van der Waals surface area contributed by atoms with Gasteiger partial charge in [-0.25, -0.2) is 0 Å². The zero-order chi connectivity index (χ0) is 18.4. The van der Waals surface area contributed by atoms with Gasteiger partial charge in [-0.05, 0) is 37.0 Å². The van der Waals surface area contributed by atoms with E-state index in [1.54, 1.807) is 12.1 Å². The maximum atomic E-state index is 12.0. The summed E-state index contributed by atoms with van der Waals surface area (Å²) >= 11 is 13.3. The number of nitrogens with zero attached hydrogens (tertiary/aromatic N) is 2. The molecule has 0 bridgehead atoms. The molecule has 1 aromatic heterocycles. The molecule has 140 valence electrons. The molecule has 0 aliphatic heterocycles. The molecule has 0 spiro atoms. The number of carbonyl (C=O) groups is 1. The van der Waals surface area contributed by atoms with Crippen LogP contribution in [0.15, 0.2) is 27.8 Å². The van der Waals surface area contributed by atoms with Crippen LogP contribution in [0, 0.1) is 0 Å². The first-order valence-electron chi connectivity index (χ1n) is 8.78. The van der Waals surface area contributed by atoms with E-state index < -0.39 is 0 Å². The number of carbonyl (C=O) groups excluding carboxylic acids is 1. The fourth-order valence-corrected chi connectivity index (χ4v) is 4.14. The number of nitrogens with one attached hydrogen (secondary N) is 1. The second-order valence-electron chi connectivity index (χ2n) is 6.37. The maximum absolute atomic E-state index is 12.0. The highest BCUT2D eigenvalue weighted by Crippen LogP contribution is 2.32. The molecule has 8 heteroatoms. The van der Waals surface area contributed by atoms with Crippen LogP contribution in [0.3, 0.4) is 0 Å². The van der Waals surface area contributed by atoms with Crippen molar-refractivity contribution in [2.45, 2.75) is 49.7 Å². The van der Waals surface area contributed by atoms with E-state index in [1.807, 2.05) is 6.07 Å². The summed E-state index contributed by atoms with van der Waals surface area (Å²) in [6.07, 6.45) is 6.59. The van der Waals surface area contributed by atoms with Gasteiger partial charge in [0.15, 0.2) is 0 Å². The quantitative estimate of drug-likeness (QED) is 0.655. The van der Waals surface area contributed by atoms with Gasteiger partial charge in [-0.3, -0.25) is 4.79 Å². The first kappa shape index (κ1) is 19.5. The van der Waals surface area contributed by atoms with Crippen LogP contribution in [0.1, 0.15) is 49.5 Å². The van der Waals surface area contributed by atoms with Gasteiger partial charge in [0.05, 0.1) is 5.75 Å². The lowest BCUT2D eigenvalue weighted by molar-refractivity contribution is -0.118. The molecule has 1 aliphatic rings. The molecule has 1 heterocycles. The number of rotatable bonds is 7. The Bertz CT molecular complexity index is 748. The SMILES string of the molecule is O=C(CSc1nnc(C2CCCCC2)o1)NCCc1ccc(Cl)cc1Cl. The van der Waals surface area contributed by atoms with Gasteiger partial charge in [0.1, 0.15) is 0 Å². The number of halogens is 2. The Labute approximate surface area is 167 Å². The normalized spacial score (nSPS) is 15.2. The minimum absolute atomic E-state index is 0.0718. The Balaban J connectivity index is 1.39. The summed E-state index contributed by atoms with van der Waals surface area (Å²) in [7, 11) is 0. The Kier molecular flexibility index (Phi) is 7.23. The van der Waals surface area contributed by atoms with Crippen LogP contribution in [0.4, 0.5) is 0 Å². The van der Waals surface area contributed by atoms with Crippen molar-refractivity contribution >= 4 is 40.9 Å². The Morgan fingerprint density at radius 2 is 2.04 bits per heavy atom. The van der Waals surface area contributed by atoms with E-state index in [0.717, 1.165) is 18.4 Å². The number of hydrogen-bond acceptors (Lipinski definition) is 5. The van der Waals surface area contributed by atoms with Crippen LogP contribution in [0.5, 0.6) is 0 Å². The first-order chi connectivity index (χ1) is 12.6. The fourth-order valence-electron chi connectivity index (χ4n) is 3.03. The summed E-state index contributed by atoms with van der Waals surface area (Å²) in [4.78, 5) is 12.0. The summed E-state index contributed by atoms with van der Waals surface area (Å²) in [6.45, 7) is 0.512. The van der Waals surface area contributed by atoms with Gasteiger partial charge in [0, 0.05) is 22.5 Å². The Morgan fingerprint density at radius 1 is 1.23 bits per heavy atom. The van der Waals surface area contributed by atoms with Crippen molar-refractivity contribution in [2.75, 3.05) is 12.3 Å². The third-order valence-electron chi connectivity index (χ3n) is 4.43. The van der Waals surface area contributed by atoms with Crippen LogP contribution in [0.2, 0.25) is 10.0 Å². The van der Waals surface area contributed by atoms with E-state index in [-0.39, 0.29) is 11.7 Å². The van der Waals surface area contributed by atoms with Gasteiger partial charge >= 0.3 is 0 Å². The third-order valence-corrected chi connectivity index (χ3v) is 5.84. The van der Waals surface area contributed by atoms with E-state index in [2.05, 4.69) is 15.5 Å². The van der Waals surface area contributed by atoms with E-state index in [9.17, 15) is 4.79 Å². The molecule has 26 heavy (non-hydrogen) atoms. The van der Waals surface area contributed by atoms with Crippen molar-refractivity contribution < 1.29 is 9.21 Å². The molecule has 1 aromatic carbocycles. The van der Waals surface area contributed by atoms with Gasteiger partial charge < -0.3 is 9.73 Å². The molecule has 1 fully saturated rings. The molecule has 0 unspecified atom stereocenters. The largest absolute Gasteiger partial charge is 0.416 e. The molecule has 2 aromatic rings. The van der Waals surface area contributed by atoms with Gasteiger partial charge in [-0.1, -0.05) is 60.3 Å². The average molecular weight is 414 g/mol. The van der Waals surface area contributed by atoms with Gasteiger partial charge in [-0.2, -0.15) is 0 Å². The van der Waals surface area contributed by atoms with Gasteiger partial charge in [0.2, 0.25) is 11.8 Å². The van der Waals surface area contributed by atoms with Crippen molar-refractivity contribution in [3.8, 4) is 0 Å². The van der Waals surface area contributed by atoms with Crippen LogP contribution in [0.25, 0.3) is 0 Å². The summed E-state index contributed by atoms with van der Waals surface area (Å²) in [5.41, 5.74) is 0.957. The molecule has 3 rings (SSSR count). The molecule has 1 saturated carbocycles. The number of aromatic nitrogens is 2. The summed E-state index contributed by atoms with van der Waals surface area (Å²) in [5.74, 6) is 1.27. The molecule has 0 atom stereocenters. The third kappa shape index (κ3) is 5.63. The van der Waals surface area contributed by atoms with Crippen molar-refractivity contribution in [1.82, 2.24) is 15.5 Å². The molecule has 0 saturated heterocycles. The van der Waals surface area contributed by atoms with E-state index in [0.29, 0.717) is 40.0 Å². The Morgan fingerprint density at radius 3 is 2.81 bits per heavy atom. The van der Waals surface area contributed by atoms with Crippen molar-refractivity contribution in [3.63, 3.8) is 0 Å². The molecule has 0 radical (unpaired) electrons. The Hall–Kier alpha value is -1.24. The van der Waals surface area contributed by atoms with E-state index in [4.69, 9.17) is 27.6 Å². The standard InChI is InChI=1S/C18H21Cl2N3O2S/c19-14-7-6-12(15(20)10-14)8-9-21-16(24)11-26-18-23-22-17(25-18)13-4-2-1-3-5-13/h6-7,10,13H,1-5,8-9,11H2,(H,21,24). The number of thioether (sulfide) groups is 1. The minimum Gasteiger partial charge on any atom is -0.416 e. The number of benzene rings is 1. The molecule has 5 nitrogen and oxygen atoms in total. The first-order valence-corrected chi connectivity index (χ1v) is 10.5. The lowest BCUT2D eigenvalue weighted by Crippen LogP contribution is -2.27. The predicted octanol–water partition coefficient (Wildman–Crippen LogP) is 4.88. The predicted molar refractivity (Wildman–Crippen MR) is 104 cm³/mol. The molecule has 1 N–H and O–H groups in total. The zero-order valence-electron chi connectivity index (χ0n) is 14.3. The molecule has 1 amide bonds. The van der Waals surface area contributed by atoms with Gasteiger partial charge in [0.25, 0.3) is 5.22 Å². The van der Waals surface area contributed by atoms with E-state index >= 15 is 0 Å². The fraction of sp³-hybridized carbons (Fsp3) is 0.500. The monoisotopic (exact) mass is 413 g/mol. The highest BCUT2D eigenvalue weighted by atomic mass is 35.5. The lowest BCUT2D eigenvalue weighted by Gasteiger charge is -2.17. The van der Waals surface area contributed by atoms with E-state index in [1.165, 1.54) is 31.0 Å². The van der Waals surface area contributed by atoms with Crippen molar-refractivity contribution in [3.05, 3.63) is 39.7 Å². The summed E-state index contributed by atoms with van der Waals surface area (Å²) < 4.78 is 5.71. The van der Waals surface area contributed by atoms with Crippen LogP contribution in [-0.2, 0) is 11.2 Å². The highest BCUT2D eigenvalue weighted by Gasteiger charge is 2.21. The topological polar surface area (TPSA) is 68.0 Å². The number of amides is 1. The highest BCUT2D eigenvalue weighted by molar-refractivity contribution is 7.99. The average Bonchev–Trinajstić information content (AvgIpc) is 3.12. The van der Waals surface area contributed by atoms with Crippen LogP contribution < -0.4 is 5.32 Å². The number of hydrogen-bond donors (Lipinski definition) is 1. The van der Waals surface area contributed by atoms with Gasteiger partial charge in [-0.15, -0.1) is 10.2 Å². The van der Waals surface area contributed by atoms with Crippen LogP contribution >= 0.6 is 35.0 Å². The summed E-state index contributed by atoms with van der Waals surface area (Å²) in [6, 6.07) is 5.37. The molecular formula is C18H21Cl2N3O2S. The van der Waals surface area contributed by atoms with Crippen LogP contribution in [-0.4, -0.2) is 28.4 Å². The lowest BCUT2D eigenvalue weighted by atomic mass is 9.89. The summed E-state index contributed by atoms with van der Waals surface area (Å²) in [5, 5.41) is 12.7. The molecular weight excluding hydrogens is 393 g/mol. The smallest absolute Gasteiger partial charge is 0.277 e.